The third-order valence-corrected chi connectivity index (χ3v) is 5.49. The molecule has 0 bridgehead atoms. The van der Waals surface area contributed by atoms with E-state index in [-0.39, 0.29) is 0 Å². The molecule has 1 fully saturated rings. The highest BCUT2D eigenvalue weighted by Crippen LogP contribution is 2.34. The predicted octanol–water partition coefficient (Wildman–Crippen LogP) is 3.59. The van der Waals surface area contributed by atoms with E-state index < -0.39 is 0 Å². The quantitative estimate of drug-likeness (QED) is 0.569. The summed E-state index contributed by atoms with van der Waals surface area (Å²) in [6.45, 7) is 2.01. The number of fused-ring (bicyclic) bond motifs is 1. The van der Waals surface area contributed by atoms with Gasteiger partial charge in [-0.3, -0.25) is 0 Å². The zero-order valence-corrected chi connectivity index (χ0v) is 15.2. The molecular weight excluding hydrogens is 324 g/mol. The predicted molar refractivity (Wildman–Crippen MR) is 108 cm³/mol. The molecule has 0 saturated heterocycles. The topological polar surface area (TPSA) is 126 Å². The highest BCUT2D eigenvalue weighted by Gasteiger charge is 2.20. The SMILES string of the molecule is Cc1c(/C(C=N)=C/N)nc2cnc(N)c(C=N)c2c1CCCC1CCC1. The lowest BCUT2D eigenvalue weighted by Gasteiger charge is -2.25. The molecule has 0 amide bonds. The molecule has 136 valence electrons. The highest BCUT2D eigenvalue weighted by atomic mass is 14.9. The zero-order valence-electron chi connectivity index (χ0n) is 15.2. The van der Waals surface area contributed by atoms with Crippen molar-refractivity contribution < 1.29 is 0 Å². The molecule has 3 rings (SSSR count). The summed E-state index contributed by atoms with van der Waals surface area (Å²) in [5.74, 6) is 1.21. The Kier molecular flexibility index (Phi) is 5.30. The largest absolute Gasteiger partial charge is 0.404 e. The molecule has 2 heterocycles. The first-order chi connectivity index (χ1) is 12.6. The number of nitrogens with two attached hydrogens (primary N) is 2. The van der Waals surface area contributed by atoms with Gasteiger partial charge in [-0.15, -0.1) is 0 Å². The minimum absolute atomic E-state index is 0.350. The van der Waals surface area contributed by atoms with Crippen LogP contribution in [-0.4, -0.2) is 22.4 Å². The van der Waals surface area contributed by atoms with Crippen LogP contribution in [0.5, 0.6) is 0 Å². The van der Waals surface area contributed by atoms with Gasteiger partial charge < -0.3 is 22.3 Å². The molecule has 6 N–H and O–H groups in total. The van der Waals surface area contributed by atoms with Crippen molar-refractivity contribution in [2.75, 3.05) is 5.73 Å². The molecule has 0 aliphatic heterocycles. The van der Waals surface area contributed by atoms with Gasteiger partial charge in [0.2, 0.25) is 0 Å². The average Bonchev–Trinajstić information content (AvgIpc) is 2.60. The van der Waals surface area contributed by atoms with Gasteiger partial charge in [0.15, 0.2) is 0 Å². The molecule has 1 aliphatic carbocycles. The Morgan fingerprint density at radius 3 is 2.69 bits per heavy atom. The fourth-order valence-electron chi connectivity index (χ4n) is 3.75. The fraction of sp³-hybridized carbons (Fsp3) is 0.400. The van der Waals surface area contributed by atoms with Gasteiger partial charge in [0.1, 0.15) is 5.82 Å². The van der Waals surface area contributed by atoms with E-state index in [0.29, 0.717) is 28.2 Å². The van der Waals surface area contributed by atoms with Gasteiger partial charge in [0, 0.05) is 35.2 Å². The van der Waals surface area contributed by atoms with Crippen molar-refractivity contribution in [3.8, 4) is 0 Å². The number of nitrogens with one attached hydrogen (secondary N) is 2. The molecule has 26 heavy (non-hydrogen) atoms. The number of aromatic nitrogens is 2. The number of anilines is 1. The summed E-state index contributed by atoms with van der Waals surface area (Å²) >= 11 is 0. The Morgan fingerprint density at radius 1 is 1.35 bits per heavy atom. The number of hydrogen-bond donors (Lipinski definition) is 4. The van der Waals surface area contributed by atoms with Gasteiger partial charge in [0.25, 0.3) is 0 Å². The van der Waals surface area contributed by atoms with E-state index in [1.54, 1.807) is 6.20 Å². The van der Waals surface area contributed by atoms with Crippen LogP contribution >= 0.6 is 0 Å². The van der Waals surface area contributed by atoms with Crippen LogP contribution < -0.4 is 11.5 Å². The van der Waals surface area contributed by atoms with Crippen molar-refractivity contribution in [1.82, 2.24) is 9.97 Å². The maximum atomic E-state index is 7.79. The summed E-state index contributed by atoms with van der Waals surface area (Å²) in [5.41, 5.74) is 16.5. The first kappa shape index (κ1) is 18.0. The van der Waals surface area contributed by atoms with Crippen molar-refractivity contribution in [2.24, 2.45) is 11.7 Å². The van der Waals surface area contributed by atoms with Crippen LogP contribution in [0.25, 0.3) is 16.5 Å². The van der Waals surface area contributed by atoms with Gasteiger partial charge in [-0.25, -0.2) is 9.97 Å². The molecule has 2 aromatic rings. The first-order valence-electron chi connectivity index (χ1n) is 9.11. The van der Waals surface area contributed by atoms with Crippen molar-refractivity contribution in [3.05, 3.63) is 34.8 Å². The lowest BCUT2D eigenvalue weighted by atomic mass is 9.81. The van der Waals surface area contributed by atoms with Gasteiger partial charge in [0.05, 0.1) is 17.4 Å². The molecule has 1 aliphatic rings. The molecule has 2 aromatic heterocycles. The van der Waals surface area contributed by atoms with E-state index in [4.69, 9.17) is 22.3 Å². The van der Waals surface area contributed by atoms with Crippen LogP contribution in [0.1, 0.15) is 54.5 Å². The molecule has 6 heteroatoms. The second kappa shape index (κ2) is 7.64. The molecule has 0 spiro atoms. The van der Waals surface area contributed by atoms with Crippen molar-refractivity contribution in [2.45, 2.75) is 45.4 Å². The standard InChI is InChI=1S/C20H26N6/c1-12-15(7-3-6-13-4-2-5-13)18-16(10-23)20(24)25-11-17(18)26-19(12)14(8-21)9-22/h8-11,13,21,23H,2-7,22H2,1H3,(H2,24,25)/b14-9+,21-8?,23-10?. The molecule has 1 saturated carbocycles. The maximum Gasteiger partial charge on any atom is 0.132 e. The van der Waals surface area contributed by atoms with Gasteiger partial charge in [-0.2, -0.15) is 0 Å². The summed E-state index contributed by atoms with van der Waals surface area (Å²) in [5, 5.41) is 16.3. The first-order valence-corrected chi connectivity index (χ1v) is 9.11. The fourth-order valence-corrected chi connectivity index (χ4v) is 3.75. The van der Waals surface area contributed by atoms with E-state index in [1.165, 1.54) is 44.3 Å². The summed E-state index contributed by atoms with van der Waals surface area (Å²) in [6.07, 6.45) is 12.8. The number of aryl methyl sites for hydroxylation is 1. The minimum atomic E-state index is 0.350. The summed E-state index contributed by atoms with van der Waals surface area (Å²) in [4.78, 5) is 8.86. The maximum absolute atomic E-state index is 7.79. The number of pyridine rings is 2. The number of hydrogen-bond acceptors (Lipinski definition) is 6. The number of nitrogens with zero attached hydrogens (tertiary/aromatic N) is 2. The Labute approximate surface area is 153 Å². The third-order valence-electron chi connectivity index (χ3n) is 5.49. The van der Waals surface area contributed by atoms with E-state index >= 15 is 0 Å². The van der Waals surface area contributed by atoms with Crippen LogP contribution in [0.3, 0.4) is 0 Å². The van der Waals surface area contributed by atoms with Crippen LogP contribution in [0, 0.1) is 23.7 Å². The van der Waals surface area contributed by atoms with Crippen molar-refractivity contribution in [1.29, 1.82) is 10.8 Å². The van der Waals surface area contributed by atoms with Crippen LogP contribution in [0.4, 0.5) is 5.82 Å². The van der Waals surface area contributed by atoms with Crippen LogP contribution in [-0.2, 0) is 6.42 Å². The molecule has 0 unspecified atom stereocenters. The lowest BCUT2D eigenvalue weighted by molar-refractivity contribution is 0.290. The van der Waals surface area contributed by atoms with Crippen LogP contribution in [0.15, 0.2) is 12.4 Å². The van der Waals surface area contributed by atoms with E-state index in [0.717, 1.165) is 35.3 Å². The molecule has 0 radical (unpaired) electrons. The van der Waals surface area contributed by atoms with Crippen molar-refractivity contribution in [3.63, 3.8) is 0 Å². The molecular formula is C20H26N6. The number of allylic oxidation sites excluding steroid dienone is 1. The minimum Gasteiger partial charge on any atom is -0.404 e. The monoisotopic (exact) mass is 350 g/mol. The Balaban J connectivity index is 2.14. The second-order valence-electron chi connectivity index (χ2n) is 6.98. The zero-order chi connectivity index (χ0) is 18.7. The van der Waals surface area contributed by atoms with Gasteiger partial charge >= 0.3 is 0 Å². The Hall–Kier alpha value is -2.76. The normalized spacial score (nSPS) is 15.0. The van der Waals surface area contributed by atoms with E-state index in [1.807, 2.05) is 6.92 Å². The lowest BCUT2D eigenvalue weighted by Crippen LogP contribution is -2.12. The number of nitrogen functional groups attached to an aromatic ring is 1. The molecule has 0 aromatic carbocycles. The number of rotatable bonds is 7. The Morgan fingerprint density at radius 2 is 2.12 bits per heavy atom. The van der Waals surface area contributed by atoms with Crippen molar-refractivity contribution >= 4 is 34.7 Å². The Bertz CT molecular complexity index is 880. The van der Waals surface area contributed by atoms with Gasteiger partial charge in [-0.1, -0.05) is 25.7 Å². The van der Waals surface area contributed by atoms with E-state index in [9.17, 15) is 0 Å². The third kappa shape index (κ3) is 3.19. The highest BCUT2D eigenvalue weighted by molar-refractivity contribution is 6.10. The smallest absolute Gasteiger partial charge is 0.132 e. The van der Waals surface area contributed by atoms with Crippen LogP contribution in [0.2, 0.25) is 0 Å². The second-order valence-corrected chi connectivity index (χ2v) is 6.98. The van der Waals surface area contributed by atoms with Gasteiger partial charge in [-0.05, 0) is 36.8 Å². The summed E-state index contributed by atoms with van der Waals surface area (Å²) < 4.78 is 0. The van der Waals surface area contributed by atoms with E-state index in [2.05, 4.69) is 9.97 Å². The summed E-state index contributed by atoms with van der Waals surface area (Å²) in [6, 6.07) is 0. The summed E-state index contributed by atoms with van der Waals surface area (Å²) in [7, 11) is 0. The molecule has 0 atom stereocenters. The molecule has 6 nitrogen and oxygen atoms in total. The average molecular weight is 350 g/mol.